The number of H-pyrrole nitrogens is 1. The molecule has 0 bridgehead atoms. The Kier molecular flexibility index (Phi) is 6.07. The van der Waals surface area contributed by atoms with Crippen LogP contribution in [0.4, 0.5) is 10.1 Å². The van der Waals surface area contributed by atoms with E-state index in [1.807, 2.05) is 30.5 Å². The van der Waals surface area contributed by atoms with E-state index in [0.29, 0.717) is 5.69 Å². The van der Waals surface area contributed by atoms with E-state index in [1.54, 1.807) is 12.1 Å². The number of para-hydroxylation sites is 1. The third kappa shape index (κ3) is 4.71. The first kappa shape index (κ1) is 21.7. The summed E-state index contributed by atoms with van der Waals surface area (Å²) < 4.78 is 42.0. The third-order valence-corrected chi connectivity index (χ3v) is 6.67. The first-order valence-corrected chi connectivity index (χ1v) is 11.5. The molecule has 0 aliphatic heterocycles. The van der Waals surface area contributed by atoms with Crippen LogP contribution in [0.1, 0.15) is 24.0 Å². The van der Waals surface area contributed by atoms with Gasteiger partial charge >= 0.3 is 0 Å². The van der Waals surface area contributed by atoms with Crippen LogP contribution in [-0.4, -0.2) is 25.9 Å². The Labute approximate surface area is 185 Å². The van der Waals surface area contributed by atoms with Gasteiger partial charge in [-0.15, -0.1) is 0 Å². The fraction of sp³-hybridized carbons (Fsp3) is 0.125. The average molecular weight is 452 g/mol. The number of carbonyl (C=O) groups is 1. The summed E-state index contributed by atoms with van der Waals surface area (Å²) in [6, 6.07) is 19.8. The fourth-order valence-corrected chi connectivity index (χ4v) is 4.73. The smallest absolute Gasteiger partial charge is 0.240 e. The molecule has 164 valence electrons. The minimum atomic E-state index is -3.81. The highest BCUT2D eigenvalue weighted by Crippen LogP contribution is 2.31. The van der Waals surface area contributed by atoms with Gasteiger partial charge in [-0.25, -0.2) is 17.5 Å². The summed E-state index contributed by atoms with van der Waals surface area (Å²) in [4.78, 5) is 14.5. The lowest BCUT2D eigenvalue weighted by Gasteiger charge is -2.18. The quantitative estimate of drug-likeness (QED) is 0.390. The number of aromatic nitrogens is 1. The second-order valence-corrected chi connectivity index (χ2v) is 9.22. The van der Waals surface area contributed by atoms with Gasteiger partial charge in [-0.2, -0.15) is 0 Å². The van der Waals surface area contributed by atoms with Crippen molar-refractivity contribution in [2.24, 2.45) is 0 Å². The first-order valence-electron chi connectivity index (χ1n) is 10.0. The molecule has 32 heavy (non-hydrogen) atoms. The Morgan fingerprint density at radius 3 is 2.38 bits per heavy atom. The largest absolute Gasteiger partial charge is 0.361 e. The molecule has 8 heteroatoms. The molecule has 1 amide bonds. The zero-order chi connectivity index (χ0) is 22.7. The normalized spacial score (nSPS) is 12.6. The molecule has 1 heterocycles. The molecule has 1 aromatic heterocycles. The maximum atomic E-state index is 13.5. The van der Waals surface area contributed by atoms with Gasteiger partial charge in [0.25, 0.3) is 0 Å². The topological polar surface area (TPSA) is 91.1 Å². The van der Waals surface area contributed by atoms with Gasteiger partial charge in [0, 0.05) is 42.2 Å². The van der Waals surface area contributed by atoms with Gasteiger partial charge in [0.2, 0.25) is 15.9 Å². The zero-order valence-electron chi connectivity index (χ0n) is 17.3. The maximum Gasteiger partial charge on any atom is 0.240 e. The van der Waals surface area contributed by atoms with Crippen LogP contribution in [-0.2, 0) is 14.8 Å². The standard InChI is InChI=1S/C24H22FN3O3S/c1-16(29)28-19-10-12-20(13-11-19)32(30,31)27-15-22(17-6-8-18(25)9-7-17)23-14-26-24-5-3-2-4-21(23)24/h2-14,22,26-27H,15H2,1H3,(H,28,29). The molecule has 6 nitrogen and oxygen atoms in total. The Hall–Kier alpha value is -3.49. The van der Waals surface area contributed by atoms with Crippen molar-refractivity contribution in [2.45, 2.75) is 17.7 Å². The van der Waals surface area contributed by atoms with Crippen LogP contribution in [0.2, 0.25) is 0 Å². The van der Waals surface area contributed by atoms with E-state index in [4.69, 9.17) is 0 Å². The summed E-state index contributed by atoms with van der Waals surface area (Å²) in [5, 5.41) is 3.58. The van der Waals surface area contributed by atoms with Crippen molar-refractivity contribution in [3.05, 3.63) is 95.9 Å². The van der Waals surface area contributed by atoms with E-state index < -0.39 is 10.0 Å². The fourth-order valence-electron chi connectivity index (χ4n) is 3.68. The molecule has 1 unspecified atom stereocenters. The molecule has 0 aliphatic rings. The van der Waals surface area contributed by atoms with E-state index in [0.717, 1.165) is 22.0 Å². The number of nitrogens with one attached hydrogen (secondary N) is 3. The van der Waals surface area contributed by atoms with Gasteiger partial charge in [-0.1, -0.05) is 30.3 Å². The number of anilines is 1. The molecule has 0 saturated heterocycles. The second-order valence-electron chi connectivity index (χ2n) is 7.45. The molecule has 0 saturated carbocycles. The number of fused-ring (bicyclic) bond motifs is 1. The SMILES string of the molecule is CC(=O)Nc1ccc(S(=O)(=O)NCC(c2ccc(F)cc2)c2c[nH]c3ccccc23)cc1. The summed E-state index contributed by atoms with van der Waals surface area (Å²) >= 11 is 0. The predicted octanol–water partition coefficient (Wildman–Crippen LogP) is 4.38. The highest BCUT2D eigenvalue weighted by atomic mass is 32.2. The Bertz CT molecular complexity index is 1350. The van der Waals surface area contributed by atoms with Crippen molar-refractivity contribution in [3.8, 4) is 0 Å². The Balaban J connectivity index is 1.63. The molecule has 3 aromatic carbocycles. The first-order chi connectivity index (χ1) is 15.3. The van der Waals surface area contributed by atoms with Gasteiger partial charge in [0.15, 0.2) is 0 Å². The molecule has 0 aliphatic carbocycles. The monoisotopic (exact) mass is 451 g/mol. The van der Waals surface area contributed by atoms with Crippen LogP contribution in [0.15, 0.2) is 83.9 Å². The van der Waals surface area contributed by atoms with Gasteiger partial charge in [-0.05, 0) is 53.6 Å². The highest BCUT2D eigenvalue weighted by Gasteiger charge is 2.22. The zero-order valence-corrected chi connectivity index (χ0v) is 18.1. The summed E-state index contributed by atoms with van der Waals surface area (Å²) in [6.07, 6.45) is 1.86. The molecule has 3 N–H and O–H groups in total. The van der Waals surface area contributed by atoms with Gasteiger partial charge in [0.05, 0.1) is 4.90 Å². The number of rotatable bonds is 7. The lowest BCUT2D eigenvalue weighted by atomic mass is 9.91. The number of amides is 1. The van der Waals surface area contributed by atoms with E-state index in [2.05, 4.69) is 15.0 Å². The molecule has 0 spiro atoms. The lowest BCUT2D eigenvalue weighted by molar-refractivity contribution is -0.114. The van der Waals surface area contributed by atoms with E-state index >= 15 is 0 Å². The van der Waals surface area contributed by atoms with Crippen LogP contribution in [0.3, 0.4) is 0 Å². The van der Waals surface area contributed by atoms with Crippen molar-refractivity contribution in [2.75, 3.05) is 11.9 Å². The number of aromatic amines is 1. The van der Waals surface area contributed by atoms with E-state index in [9.17, 15) is 17.6 Å². The number of sulfonamides is 1. The van der Waals surface area contributed by atoms with Crippen molar-refractivity contribution >= 4 is 32.5 Å². The van der Waals surface area contributed by atoms with Crippen LogP contribution in [0, 0.1) is 5.82 Å². The summed E-state index contributed by atoms with van der Waals surface area (Å²) in [5.74, 6) is -0.925. The van der Waals surface area contributed by atoms with E-state index in [-0.39, 0.29) is 29.1 Å². The van der Waals surface area contributed by atoms with Crippen molar-refractivity contribution < 1.29 is 17.6 Å². The molecular weight excluding hydrogens is 429 g/mol. The van der Waals surface area contributed by atoms with Crippen molar-refractivity contribution in [3.63, 3.8) is 0 Å². The van der Waals surface area contributed by atoms with E-state index in [1.165, 1.54) is 43.3 Å². The molecule has 4 rings (SSSR count). The van der Waals surface area contributed by atoms with Crippen molar-refractivity contribution in [1.82, 2.24) is 9.71 Å². The molecule has 0 fully saturated rings. The number of benzene rings is 3. The number of halogens is 1. The number of carbonyl (C=O) groups excluding carboxylic acids is 1. The average Bonchev–Trinajstić information content (AvgIpc) is 3.19. The van der Waals surface area contributed by atoms with Gasteiger partial charge in [0.1, 0.15) is 5.82 Å². The minimum absolute atomic E-state index is 0.0865. The minimum Gasteiger partial charge on any atom is -0.361 e. The van der Waals surface area contributed by atoms with Crippen LogP contribution >= 0.6 is 0 Å². The summed E-state index contributed by atoms with van der Waals surface area (Å²) in [6.45, 7) is 1.47. The van der Waals surface area contributed by atoms with Crippen molar-refractivity contribution in [1.29, 1.82) is 0 Å². The van der Waals surface area contributed by atoms with Crippen LogP contribution in [0.5, 0.6) is 0 Å². The molecule has 4 aromatic rings. The number of hydrogen-bond acceptors (Lipinski definition) is 3. The third-order valence-electron chi connectivity index (χ3n) is 5.23. The molecular formula is C24H22FN3O3S. The number of hydrogen-bond donors (Lipinski definition) is 3. The lowest BCUT2D eigenvalue weighted by Crippen LogP contribution is -2.29. The van der Waals surface area contributed by atoms with Gasteiger partial charge in [-0.3, -0.25) is 4.79 Å². The highest BCUT2D eigenvalue weighted by molar-refractivity contribution is 7.89. The van der Waals surface area contributed by atoms with Gasteiger partial charge < -0.3 is 10.3 Å². The summed E-state index contributed by atoms with van der Waals surface area (Å²) in [5.41, 5.74) is 3.15. The Morgan fingerprint density at radius 1 is 1.00 bits per heavy atom. The predicted molar refractivity (Wildman–Crippen MR) is 122 cm³/mol. The molecule has 0 radical (unpaired) electrons. The van der Waals surface area contributed by atoms with Crippen LogP contribution in [0.25, 0.3) is 10.9 Å². The Morgan fingerprint density at radius 2 is 1.69 bits per heavy atom. The second kappa shape index (κ2) is 8.94. The maximum absolute atomic E-state index is 13.5. The van der Waals surface area contributed by atoms with Crippen LogP contribution < -0.4 is 10.0 Å². The summed E-state index contributed by atoms with van der Waals surface area (Å²) in [7, 11) is -3.81. The molecule has 1 atom stereocenters.